The van der Waals surface area contributed by atoms with Crippen LogP contribution in [0.4, 0.5) is 0 Å². The number of rotatable bonds is 4. The van der Waals surface area contributed by atoms with Gasteiger partial charge in [0.1, 0.15) is 0 Å². The number of benzene rings is 1. The molecule has 0 aliphatic carbocycles. The Kier molecular flexibility index (Phi) is 4.74. The van der Waals surface area contributed by atoms with Crippen molar-refractivity contribution in [1.82, 2.24) is 4.90 Å². The number of hydrogen-bond donors (Lipinski definition) is 1. The predicted molar refractivity (Wildman–Crippen MR) is 67.2 cm³/mol. The number of aliphatic hydroxyl groups is 1. The second-order valence-corrected chi connectivity index (χ2v) is 4.23. The van der Waals surface area contributed by atoms with Crippen molar-refractivity contribution in [1.29, 1.82) is 0 Å². The quantitative estimate of drug-likeness (QED) is 0.639. The molecule has 0 bridgehead atoms. The van der Waals surface area contributed by atoms with Crippen LogP contribution < -0.4 is 0 Å². The zero-order valence-corrected chi connectivity index (χ0v) is 9.96. The maximum Gasteiger partial charge on any atom is 0.216 e. The molecule has 92 valence electrons. The Hall–Kier alpha value is -1.16. The smallest absolute Gasteiger partial charge is 0.216 e. The molecule has 1 atom stereocenters. The van der Waals surface area contributed by atoms with Gasteiger partial charge in [-0.3, -0.25) is 4.90 Å². The minimum atomic E-state index is -0.807. The lowest BCUT2D eigenvalue weighted by Crippen LogP contribution is -2.37. The number of ether oxygens (including phenoxy) is 1. The van der Waals surface area contributed by atoms with E-state index < -0.39 is 6.41 Å². The Morgan fingerprint density at radius 3 is 2.88 bits per heavy atom. The monoisotopic (exact) mass is 233 g/mol. The van der Waals surface area contributed by atoms with Crippen molar-refractivity contribution in [2.45, 2.75) is 25.9 Å². The highest BCUT2D eigenvalue weighted by molar-refractivity contribution is 5.13. The first-order valence-electron chi connectivity index (χ1n) is 6.09. The molecule has 0 radical (unpaired) electrons. The lowest BCUT2D eigenvalue weighted by Gasteiger charge is -2.25. The summed E-state index contributed by atoms with van der Waals surface area (Å²) in [6.07, 6.45) is 5.59. The molecule has 17 heavy (non-hydrogen) atoms. The van der Waals surface area contributed by atoms with Crippen LogP contribution >= 0.6 is 0 Å². The minimum Gasteiger partial charge on any atom is -0.356 e. The topological polar surface area (TPSA) is 32.7 Å². The van der Waals surface area contributed by atoms with Gasteiger partial charge in [0.2, 0.25) is 6.41 Å². The normalized spacial score (nSPS) is 18.9. The van der Waals surface area contributed by atoms with Gasteiger partial charge in [0.25, 0.3) is 0 Å². The molecule has 0 saturated heterocycles. The third kappa shape index (κ3) is 3.97. The summed E-state index contributed by atoms with van der Waals surface area (Å²) in [7, 11) is 0. The van der Waals surface area contributed by atoms with E-state index in [4.69, 9.17) is 4.74 Å². The minimum absolute atomic E-state index is 0.447. The molecule has 2 rings (SSSR count). The van der Waals surface area contributed by atoms with E-state index in [9.17, 15) is 5.11 Å². The molecule has 3 nitrogen and oxygen atoms in total. The van der Waals surface area contributed by atoms with E-state index in [2.05, 4.69) is 12.2 Å². The lowest BCUT2D eigenvalue weighted by molar-refractivity contribution is -0.196. The molecule has 0 spiro atoms. The van der Waals surface area contributed by atoms with Crippen LogP contribution in [0.3, 0.4) is 0 Å². The van der Waals surface area contributed by atoms with Crippen molar-refractivity contribution in [2.24, 2.45) is 0 Å². The van der Waals surface area contributed by atoms with Gasteiger partial charge in [-0.1, -0.05) is 42.5 Å². The number of hydrogen-bond acceptors (Lipinski definition) is 3. The van der Waals surface area contributed by atoms with Gasteiger partial charge < -0.3 is 9.84 Å². The zero-order chi connectivity index (χ0) is 11.9. The summed E-state index contributed by atoms with van der Waals surface area (Å²) >= 11 is 0. The molecule has 1 N–H and O–H groups in total. The average molecular weight is 233 g/mol. The highest BCUT2D eigenvalue weighted by atomic mass is 16.6. The van der Waals surface area contributed by atoms with Crippen molar-refractivity contribution in [2.75, 3.05) is 13.1 Å². The summed E-state index contributed by atoms with van der Waals surface area (Å²) in [5.41, 5.74) is 1.08. The highest BCUT2D eigenvalue weighted by Gasteiger charge is 2.15. The van der Waals surface area contributed by atoms with Crippen LogP contribution in [0.25, 0.3) is 0 Å². The van der Waals surface area contributed by atoms with Gasteiger partial charge in [-0.05, 0) is 18.4 Å². The van der Waals surface area contributed by atoms with Crippen molar-refractivity contribution in [3.8, 4) is 0 Å². The molecule has 1 aliphatic heterocycles. The molecule has 3 heteroatoms. The first-order valence-corrected chi connectivity index (χ1v) is 6.09. The molecule has 0 amide bonds. The average Bonchev–Trinajstić information content (AvgIpc) is 2.66. The number of aliphatic hydroxyl groups excluding tert-OH is 1. The van der Waals surface area contributed by atoms with Crippen LogP contribution in [0.2, 0.25) is 0 Å². The first kappa shape index (κ1) is 12.3. The maximum absolute atomic E-state index is 9.93. The predicted octanol–water partition coefficient (Wildman–Crippen LogP) is 2.13. The molecule has 0 fully saturated rings. The summed E-state index contributed by atoms with van der Waals surface area (Å²) in [6.45, 7) is 2.08. The van der Waals surface area contributed by atoms with Crippen LogP contribution in [0.5, 0.6) is 0 Å². The second kappa shape index (κ2) is 6.55. The maximum atomic E-state index is 9.93. The van der Waals surface area contributed by atoms with Crippen LogP contribution in [0.1, 0.15) is 18.4 Å². The molecule has 1 unspecified atom stereocenters. The van der Waals surface area contributed by atoms with Crippen LogP contribution in [-0.4, -0.2) is 29.5 Å². The Bertz CT molecular complexity index is 350. The van der Waals surface area contributed by atoms with Crippen LogP contribution in [-0.2, 0) is 11.3 Å². The van der Waals surface area contributed by atoms with Gasteiger partial charge >= 0.3 is 0 Å². The van der Waals surface area contributed by atoms with E-state index in [0.29, 0.717) is 6.61 Å². The van der Waals surface area contributed by atoms with Gasteiger partial charge in [-0.15, -0.1) is 0 Å². The van der Waals surface area contributed by atoms with E-state index in [1.165, 1.54) is 0 Å². The largest absolute Gasteiger partial charge is 0.356 e. The molecule has 1 aromatic carbocycles. The SMILES string of the molecule is OC(OCc1ccccc1)N1CC=CCCC1. The van der Waals surface area contributed by atoms with Gasteiger partial charge in [0.15, 0.2) is 0 Å². The third-order valence-electron chi connectivity index (χ3n) is 2.88. The molecular weight excluding hydrogens is 214 g/mol. The first-order chi connectivity index (χ1) is 8.36. The summed E-state index contributed by atoms with van der Waals surface area (Å²) in [5.74, 6) is 0. The summed E-state index contributed by atoms with van der Waals surface area (Å²) in [6, 6.07) is 9.91. The fraction of sp³-hybridized carbons (Fsp3) is 0.429. The Morgan fingerprint density at radius 1 is 1.24 bits per heavy atom. The number of allylic oxidation sites excluding steroid dienone is 1. The van der Waals surface area contributed by atoms with Gasteiger partial charge in [0.05, 0.1) is 6.61 Å². The molecule has 1 heterocycles. The highest BCUT2D eigenvalue weighted by Crippen LogP contribution is 2.09. The van der Waals surface area contributed by atoms with Gasteiger partial charge in [0, 0.05) is 13.1 Å². The van der Waals surface area contributed by atoms with E-state index in [1.807, 2.05) is 35.2 Å². The van der Waals surface area contributed by atoms with Gasteiger partial charge in [-0.25, -0.2) is 0 Å². The van der Waals surface area contributed by atoms with Crippen molar-refractivity contribution < 1.29 is 9.84 Å². The molecular formula is C14H19NO2. The summed E-state index contributed by atoms with van der Waals surface area (Å²) < 4.78 is 5.47. The third-order valence-corrected chi connectivity index (χ3v) is 2.88. The molecule has 1 aliphatic rings. The zero-order valence-electron chi connectivity index (χ0n) is 9.96. The van der Waals surface area contributed by atoms with Gasteiger partial charge in [-0.2, -0.15) is 0 Å². The molecule has 1 aromatic rings. The lowest BCUT2D eigenvalue weighted by atomic mass is 10.2. The van der Waals surface area contributed by atoms with Crippen molar-refractivity contribution in [3.05, 3.63) is 48.0 Å². The van der Waals surface area contributed by atoms with Crippen LogP contribution in [0.15, 0.2) is 42.5 Å². The Balaban J connectivity index is 1.80. The van der Waals surface area contributed by atoms with Crippen LogP contribution in [0, 0.1) is 0 Å². The van der Waals surface area contributed by atoms with E-state index >= 15 is 0 Å². The molecule has 0 aromatic heterocycles. The Morgan fingerprint density at radius 2 is 2.06 bits per heavy atom. The van der Waals surface area contributed by atoms with Crippen molar-refractivity contribution >= 4 is 0 Å². The number of nitrogens with zero attached hydrogens (tertiary/aromatic N) is 1. The fourth-order valence-electron chi connectivity index (χ4n) is 1.88. The Labute approximate surface area is 102 Å². The second-order valence-electron chi connectivity index (χ2n) is 4.23. The molecule has 0 saturated carbocycles. The summed E-state index contributed by atoms with van der Waals surface area (Å²) in [5, 5.41) is 9.93. The van der Waals surface area contributed by atoms with Crippen molar-refractivity contribution in [3.63, 3.8) is 0 Å². The van der Waals surface area contributed by atoms with E-state index in [1.54, 1.807) is 0 Å². The standard InChI is InChI=1S/C14H19NO2/c16-14(15-10-6-1-2-7-11-15)17-12-13-8-4-3-5-9-13/h1,3-6,8-9,14,16H,2,7,10-12H2. The van der Waals surface area contributed by atoms with E-state index in [-0.39, 0.29) is 0 Å². The van der Waals surface area contributed by atoms with E-state index in [0.717, 1.165) is 31.5 Å². The summed E-state index contributed by atoms with van der Waals surface area (Å²) in [4.78, 5) is 1.94. The fourth-order valence-corrected chi connectivity index (χ4v) is 1.88.